The van der Waals surface area contributed by atoms with Crippen LogP contribution in [0.5, 0.6) is 0 Å². The van der Waals surface area contributed by atoms with Gasteiger partial charge in [0.2, 0.25) is 0 Å². The van der Waals surface area contributed by atoms with E-state index in [2.05, 4.69) is 23.5 Å². The molecule has 1 aromatic rings. The van der Waals surface area contributed by atoms with Gasteiger partial charge in [-0.05, 0) is 36.8 Å². The third kappa shape index (κ3) is 1.86. The molecule has 2 bridgehead atoms. The van der Waals surface area contributed by atoms with E-state index in [1.54, 1.807) is 6.26 Å². The van der Waals surface area contributed by atoms with E-state index < -0.39 is 0 Å². The zero-order valence-corrected chi connectivity index (χ0v) is 8.93. The fourth-order valence-corrected chi connectivity index (χ4v) is 3.03. The quantitative estimate of drug-likeness (QED) is 0.741. The lowest BCUT2D eigenvalue weighted by molar-refractivity contribution is -0.678. The van der Waals surface area contributed by atoms with Crippen molar-refractivity contribution in [2.24, 2.45) is 17.8 Å². The largest absolute Gasteiger partial charge is 0.463 e. The van der Waals surface area contributed by atoms with Crippen LogP contribution in [0.1, 0.15) is 18.6 Å². The summed E-state index contributed by atoms with van der Waals surface area (Å²) in [5.41, 5.74) is 0. The number of rotatable bonds is 4. The fraction of sp³-hybridized carbons (Fsp3) is 0.538. The van der Waals surface area contributed by atoms with E-state index in [4.69, 9.17) is 4.42 Å². The second-order valence-corrected chi connectivity index (χ2v) is 4.85. The van der Waals surface area contributed by atoms with Gasteiger partial charge in [-0.25, -0.2) is 0 Å². The minimum absolute atomic E-state index is 0.878. The Kier molecular flexibility index (Phi) is 2.37. The monoisotopic (exact) mass is 204 g/mol. The Morgan fingerprint density at radius 1 is 1.33 bits per heavy atom. The predicted molar refractivity (Wildman–Crippen MR) is 58.0 cm³/mol. The summed E-state index contributed by atoms with van der Waals surface area (Å²) in [6, 6.07) is 4.01. The van der Waals surface area contributed by atoms with E-state index in [1.807, 2.05) is 6.07 Å². The van der Waals surface area contributed by atoms with Crippen molar-refractivity contribution in [2.75, 3.05) is 6.54 Å². The number of hydrogen-bond acceptors (Lipinski definition) is 1. The molecule has 2 N–H and O–H groups in total. The first-order valence-electron chi connectivity index (χ1n) is 5.94. The normalized spacial score (nSPS) is 32.7. The summed E-state index contributed by atoms with van der Waals surface area (Å²) >= 11 is 0. The van der Waals surface area contributed by atoms with Crippen molar-refractivity contribution in [3.05, 3.63) is 36.3 Å². The molecule has 0 aliphatic heterocycles. The molecule has 1 heterocycles. The SMILES string of the molecule is C1=C[C@H]2C[C@@H]1C[C@H]2C[NH2+]Cc1ccco1. The number of allylic oxidation sites excluding steroid dienone is 2. The number of hydrogen-bond donors (Lipinski definition) is 1. The van der Waals surface area contributed by atoms with Crippen molar-refractivity contribution in [3.8, 4) is 0 Å². The van der Waals surface area contributed by atoms with Gasteiger partial charge in [0.15, 0.2) is 5.76 Å². The van der Waals surface area contributed by atoms with Gasteiger partial charge in [-0.1, -0.05) is 12.2 Å². The molecule has 2 aliphatic carbocycles. The van der Waals surface area contributed by atoms with Crippen LogP contribution in [0.3, 0.4) is 0 Å². The van der Waals surface area contributed by atoms with Crippen LogP contribution in [0.15, 0.2) is 35.0 Å². The standard InChI is InChI=1S/C13H17NO/c1-2-13(15-5-1)9-14-8-12-7-10-3-4-11(12)6-10/h1-5,10-12,14H,6-9H2/p+1/t10-,11+,12+/m1/s1. The van der Waals surface area contributed by atoms with Crippen LogP contribution in [0.4, 0.5) is 0 Å². The van der Waals surface area contributed by atoms with Crippen molar-refractivity contribution in [1.29, 1.82) is 0 Å². The van der Waals surface area contributed by atoms with E-state index in [0.29, 0.717) is 0 Å². The van der Waals surface area contributed by atoms with Crippen LogP contribution in [-0.4, -0.2) is 6.54 Å². The van der Waals surface area contributed by atoms with Crippen LogP contribution in [-0.2, 0) is 6.54 Å². The maximum atomic E-state index is 5.31. The number of furan rings is 1. The second kappa shape index (κ2) is 3.86. The lowest BCUT2D eigenvalue weighted by Crippen LogP contribution is -2.84. The second-order valence-electron chi connectivity index (χ2n) is 4.85. The van der Waals surface area contributed by atoms with Crippen molar-refractivity contribution in [3.63, 3.8) is 0 Å². The summed E-state index contributed by atoms with van der Waals surface area (Å²) < 4.78 is 5.31. The average Bonchev–Trinajstić information content (AvgIpc) is 2.93. The maximum Gasteiger partial charge on any atom is 0.157 e. The summed E-state index contributed by atoms with van der Waals surface area (Å²) in [5, 5.41) is 2.39. The third-order valence-electron chi connectivity index (χ3n) is 3.81. The molecule has 0 spiro atoms. The first-order chi connectivity index (χ1) is 7.42. The van der Waals surface area contributed by atoms with Crippen molar-refractivity contribution in [1.82, 2.24) is 0 Å². The number of quaternary nitrogens is 1. The lowest BCUT2D eigenvalue weighted by atomic mass is 9.94. The van der Waals surface area contributed by atoms with Gasteiger partial charge in [-0.3, -0.25) is 0 Å². The van der Waals surface area contributed by atoms with Gasteiger partial charge >= 0.3 is 0 Å². The average molecular weight is 204 g/mol. The van der Waals surface area contributed by atoms with Gasteiger partial charge in [0.1, 0.15) is 6.54 Å². The smallest absolute Gasteiger partial charge is 0.157 e. The van der Waals surface area contributed by atoms with Crippen LogP contribution >= 0.6 is 0 Å². The first-order valence-corrected chi connectivity index (χ1v) is 5.94. The molecule has 15 heavy (non-hydrogen) atoms. The van der Waals surface area contributed by atoms with E-state index >= 15 is 0 Å². The zero-order chi connectivity index (χ0) is 10.1. The topological polar surface area (TPSA) is 29.8 Å². The van der Waals surface area contributed by atoms with Crippen LogP contribution in [0.25, 0.3) is 0 Å². The molecular formula is C13H18NO+. The number of nitrogens with two attached hydrogens (primary N) is 1. The Morgan fingerprint density at radius 2 is 2.33 bits per heavy atom. The minimum atomic E-state index is 0.878. The van der Waals surface area contributed by atoms with Crippen molar-refractivity contribution >= 4 is 0 Å². The molecule has 80 valence electrons. The van der Waals surface area contributed by atoms with Gasteiger partial charge in [0, 0.05) is 5.92 Å². The molecule has 1 aromatic heterocycles. The third-order valence-corrected chi connectivity index (χ3v) is 3.81. The van der Waals surface area contributed by atoms with Crippen LogP contribution in [0.2, 0.25) is 0 Å². The molecule has 3 rings (SSSR count). The summed E-state index contributed by atoms with van der Waals surface area (Å²) in [6.07, 6.45) is 9.42. The molecule has 2 nitrogen and oxygen atoms in total. The van der Waals surface area contributed by atoms with Gasteiger partial charge in [0.05, 0.1) is 12.8 Å². The molecular weight excluding hydrogens is 186 g/mol. The highest BCUT2D eigenvalue weighted by molar-refractivity contribution is 5.09. The lowest BCUT2D eigenvalue weighted by Gasteiger charge is -2.15. The molecule has 0 aromatic carbocycles. The maximum absolute atomic E-state index is 5.31. The fourth-order valence-electron chi connectivity index (χ4n) is 3.03. The van der Waals surface area contributed by atoms with Crippen molar-refractivity contribution in [2.45, 2.75) is 19.4 Å². The van der Waals surface area contributed by atoms with E-state index in [1.165, 1.54) is 19.4 Å². The molecule has 2 heteroatoms. The highest BCUT2D eigenvalue weighted by Crippen LogP contribution is 2.42. The number of fused-ring (bicyclic) bond motifs is 2. The van der Waals surface area contributed by atoms with E-state index in [-0.39, 0.29) is 0 Å². The Labute approximate surface area is 90.4 Å². The summed E-state index contributed by atoms with van der Waals surface area (Å²) in [7, 11) is 0. The predicted octanol–water partition coefficient (Wildman–Crippen LogP) is 1.56. The molecule has 0 radical (unpaired) electrons. The highest BCUT2D eigenvalue weighted by Gasteiger charge is 2.36. The molecule has 1 saturated carbocycles. The Hall–Kier alpha value is -1.02. The zero-order valence-electron chi connectivity index (χ0n) is 8.93. The molecule has 1 fully saturated rings. The van der Waals surface area contributed by atoms with Crippen LogP contribution in [0, 0.1) is 17.8 Å². The van der Waals surface area contributed by atoms with E-state index in [0.717, 1.165) is 30.1 Å². The van der Waals surface area contributed by atoms with Crippen molar-refractivity contribution < 1.29 is 9.73 Å². The summed E-state index contributed by atoms with van der Waals surface area (Å²) in [6.45, 7) is 2.25. The van der Waals surface area contributed by atoms with Gasteiger partial charge in [-0.15, -0.1) is 0 Å². The molecule has 2 aliphatic rings. The minimum Gasteiger partial charge on any atom is -0.463 e. The summed E-state index contributed by atoms with van der Waals surface area (Å²) in [5.74, 6) is 3.78. The van der Waals surface area contributed by atoms with E-state index in [9.17, 15) is 0 Å². The molecule has 3 atom stereocenters. The molecule has 0 unspecified atom stereocenters. The molecule has 0 saturated heterocycles. The van der Waals surface area contributed by atoms with Gasteiger partial charge < -0.3 is 9.73 Å². The Balaban J connectivity index is 1.45. The van der Waals surface area contributed by atoms with Gasteiger partial charge in [-0.2, -0.15) is 0 Å². The Morgan fingerprint density at radius 3 is 3.00 bits per heavy atom. The van der Waals surface area contributed by atoms with Gasteiger partial charge in [0.25, 0.3) is 0 Å². The highest BCUT2D eigenvalue weighted by atomic mass is 16.3. The summed E-state index contributed by atoms with van der Waals surface area (Å²) in [4.78, 5) is 0. The van der Waals surface area contributed by atoms with Crippen LogP contribution < -0.4 is 5.32 Å². The first kappa shape index (κ1) is 9.22. The molecule has 0 amide bonds. The Bertz CT molecular complexity index is 341.